The van der Waals surface area contributed by atoms with Crippen LogP contribution in [0.2, 0.25) is 10.0 Å². The van der Waals surface area contributed by atoms with Crippen molar-refractivity contribution < 1.29 is 0 Å². The lowest BCUT2D eigenvalue weighted by Gasteiger charge is -2.09. The zero-order chi connectivity index (χ0) is 11.3. The number of alkyl halides is 1. The van der Waals surface area contributed by atoms with Gasteiger partial charge in [0.15, 0.2) is 0 Å². The molecule has 1 atom stereocenters. The molecule has 1 aromatic rings. The summed E-state index contributed by atoms with van der Waals surface area (Å²) in [5.41, 5.74) is 1.09. The Morgan fingerprint density at radius 2 is 1.93 bits per heavy atom. The van der Waals surface area contributed by atoms with Crippen molar-refractivity contribution in [1.82, 2.24) is 0 Å². The van der Waals surface area contributed by atoms with E-state index in [1.165, 1.54) is 0 Å². The number of hydrogen-bond acceptors (Lipinski definition) is 0. The van der Waals surface area contributed by atoms with E-state index in [4.69, 9.17) is 34.8 Å². The molecule has 15 heavy (non-hydrogen) atoms. The van der Waals surface area contributed by atoms with Gasteiger partial charge in [0, 0.05) is 5.38 Å². The van der Waals surface area contributed by atoms with Gasteiger partial charge in [-0.15, -0.1) is 11.6 Å². The van der Waals surface area contributed by atoms with Gasteiger partial charge < -0.3 is 0 Å². The van der Waals surface area contributed by atoms with Crippen molar-refractivity contribution in [3.05, 3.63) is 33.8 Å². The molecule has 0 spiro atoms. The van der Waals surface area contributed by atoms with Crippen LogP contribution in [0.1, 0.15) is 31.7 Å². The Bertz CT molecular complexity index is 310. The quantitative estimate of drug-likeness (QED) is 0.631. The van der Waals surface area contributed by atoms with Gasteiger partial charge >= 0.3 is 0 Å². The summed E-state index contributed by atoms with van der Waals surface area (Å²) in [6.45, 7) is 2.14. The average Bonchev–Trinajstić information content (AvgIpc) is 2.21. The molecule has 0 heterocycles. The molecule has 0 aromatic heterocycles. The van der Waals surface area contributed by atoms with Gasteiger partial charge in [-0.2, -0.15) is 0 Å². The molecule has 1 rings (SSSR count). The molecule has 0 aliphatic heterocycles. The largest absolute Gasteiger partial charge is 0.123 e. The van der Waals surface area contributed by atoms with E-state index in [2.05, 4.69) is 6.92 Å². The minimum absolute atomic E-state index is 0.241. The molecule has 0 nitrogen and oxygen atoms in total. The third-order valence-electron chi connectivity index (χ3n) is 2.36. The van der Waals surface area contributed by atoms with E-state index < -0.39 is 0 Å². The number of hydrogen-bond donors (Lipinski definition) is 0. The third-order valence-corrected chi connectivity index (χ3v) is 3.65. The zero-order valence-corrected chi connectivity index (χ0v) is 11.0. The van der Waals surface area contributed by atoms with Crippen LogP contribution in [-0.4, -0.2) is 5.38 Å². The van der Waals surface area contributed by atoms with E-state index >= 15 is 0 Å². The van der Waals surface area contributed by atoms with Crippen molar-refractivity contribution in [2.24, 2.45) is 0 Å². The number of rotatable bonds is 5. The van der Waals surface area contributed by atoms with Crippen LogP contribution in [0.15, 0.2) is 18.2 Å². The van der Waals surface area contributed by atoms with E-state index in [9.17, 15) is 0 Å². The van der Waals surface area contributed by atoms with E-state index in [1.807, 2.05) is 12.1 Å². The second kappa shape index (κ2) is 6.62. The summed E-state index contributed by atoms with van der Waals surface area (Å²) < 4.78 is 0. The van der Waals surface area contributed by atoms with Crippen LogP contribution in [0, 0.1) is 0 Å². The summed E-state index contributed by atoms with van der Waals surface area (Å²) in [6.07, 6.45) is 4.03. The molecule has 0 fully saturated rings. The summed E-state index contributed by atoms with van der Waals surface area (Å²) in [4.78, 5) is 0. The SMILES string of the molecule is CCCC(Cl)CCc1cccc(Cl)c1Cl. The summed E-state index contributed by atoms with van der Waals surface area (Å²) >= 11 is 18.2. The Morgan fingerprint density at radius 1 is 1.20 bits per heavy atom. The molecule has 0 aliphatic rings. The molecule has 84 valence electrons. The van der Waals surface area contributed by atoms with E-state index in [0.717, 1.165) is 31.2 Å². The van der Waals surface area contributed by atoms with Gasteiger partial charge in [0.1, 0.15) is 0 Å². The van der Waals surface area contributed by atoms with Crippen LogP contribution in [0.25, 0.3) is 0 Å². The van der Waals surface area contributed by atoms with Gasteiger partial charge in [-0.1, -0.05) is 48.7 Å². The Hall–Kier alpha value is 0.0900. The van der Waals surface area contributed by atoms with E-state index in [1.54, 1.807) is 6.07 Å². The highest BCUT2D eigenvalue weighted by Crippen LogP contribution is 2.27. The highest BCUT2D eigenvalue weighted by Gasteiger charge is 2.07. The lowest BCUT2D eigenvalue weighted by atomic mass is 10.1. The van der Waals surface area contributed by atoms with Crippen molar-refractivity contribution in [2.75, 3.05) is 0 Å². The van der Waals surface area contributed by atoms with Crippen molar-refractivity contribution in [3.63, 3.8) is 0 Å². The standard InChI is InChI=1S/C12H15Cl3/c1-2-4-10(13)8-7-9-5-3-6-11(14)12(9)15/h3,5-6,10H,2,4,7-8H2,1H3. The van der Waals surface area contributed by atoms with Gasteiger partial charge in [0.2, 0.25) is 0 Å². The van der Waals surface area contributed by atoms with Crippen LogP contribution in [0.5, 0.6) is 0 Å². The maximum Gasteiger partial charge on any atom is 0.0624 e. The topological polar surface area (TPSA) is 0 Å². The monoisotopic (exact) mass is 264 g/mol. The Morgan fingerprint density at radius 3 is 2.60 bits per heavy atom. The molecular formula is C12H15Cl3. The van der Waals surface area contributed by atoms with Crippen LogP contribution in [0.4, 0.5) is 0 Å². The Kier molecular flexibility index (Phi) is 5.81. The number of benzene rings is 1. The predicted molar refractivity (Wildman–Crippen MR) is 69.3 cm³/mol. The smallest absolute Gasteiger partial charge is 0.0624 e. The lowest BCUT2D eigenvalue weighted by Crippen LogP contribution is -2.00. The Balaban J connectivity index is 2.54. The minimum atomic E-state index is 0.241. The zero-order valence-electron chi connectivity index (χ0n) is 8.77. The van der Waals surface area contributed by atoms with Crippen molar-refractivity contribution in [2.45, 2.75) is 38.0 Å². The predicted octanol–water partition coefficient (Wildman–Crippen LogP) is 5.33. The molecule has 0 amide bonds. The summed E-state index contributed by atoms with van der Waals surface area (Å²) in [5, 5.41) is 1.53. The molecule has 3 heteroatoms. The first kappa shape index (κ1) is 13.2. The molecular weight excluding hydrogens is 250 g/mol. The highest BCUT2D eigenvalue weighted by atomic mass is 35.5. The molecule has 0 saturated heterocycles. The Labute approximate surface area is 107 Å². The van der Waals surface area contributed by atoms with Crippen LogP contribution < -0.4 is 0 Å². The van der Waals surface area contributed by atoms with Gasteiger partial charge in [-0.25, -0.2) is 0 Å². The summed E-state index contributed by atoms with van der Waals surface area (Å²) in [5.74, 6) is 0. The number of aryl methyl sites for hydroxylation is 1. The van der Waals surface area contributed by atoms with E-state index in [0.29, 0.717) is 10.0 Å². The molecule has 0 bridgehead atoms. The molecule has 1 aromatic carbocycles. The summed E-state index contributed by atoms with van der Waals surface area (Å²) in [6, 6.07) is 5.73. The molecule has 0 saturated carbocycles. The molecule has 1 unspecified atom stereocenters. The minimum Gasteiger partial charge on any atom is -0.123 e. The molecule has 0 radical (unpaired) electrons. The van der Waals surface area contributed by atoms with Gasteiger partial charge in [0.25, 0.3) is 0 Å². The second-order valence-corrected chi connectivity index (χ2v) is 5.04. The van der Waals surface area contributed by atoms with Gasteiger partial charge in [0.05, 0.1) is 10.0 Å². The first-order valence-corrected chi connectivity index (χ1v) is 6.41. The van der Waals surface area contributed by atoms with Crippen LogP contribution in [0.3, 0.4) is 0 Å². The van der Waals surface area contributed by atoms with Crippen molar-refractivity contribution in [1.29, 1.82) is 0 Å². The highest BCUT2D eigenvalue weighted by molar-refractivity contribution is 6.42. The number of halogens is 3. The van der Waals surface area contributed by atoms with Gasteiger partial charge in [-0.05, 0) is 30.9 Å². The summed E-state index contributed by atoms with van der Waals surface area (Å²) in [7, 11) is 0. The lowest BCUT2D eigenvalue weighted by molar-refractivity contribution is 0.676. The average molecular weight is 266 g/mol. The maximum absolute atomic E-state index is 6.15. The van der Waals surface area contributed by atoms with Crippen LogP contribution >= 0.6 is 34.8 Å². The van der Waals surface area contributed by atoms with Crippen LogP contribution in [-0.2, 0) is 6.42 Å². The molecule has 0 N–H and O–H groups in total. The second-order valence-electron chi connectivity index (χ2n) is 3.64. The van der Waals surface area contributed by atoms with Crippen molar-refractivity contribution >= 4 is 34.8 Å². The normalized spacial score (nSPS) is 12.8. The first-order chi connectivity index (χ1) is 7.15. The molecule has 0 aliphatic carbocycles. The van der Waals surface area contributed by atoms with E-state index in [-0.39, 0.29) is 5.38 Å². The third kappa shape index (κ3) is 4.22. The fourth-order valence-electron chi connectivity index (χ4n) is 1.51. The van der Waals surface area contributed by atoms with Gasteiger partial charge in [-0.3, -0.25) is 0 Å². The van der Waals surface area contributed by atoms with Crippen molar-refractivity contribution in [3.8, 4) is 0 Å². The fraction of sp³-hybridized carbons (Fsp3) is 0.500. The first-order valence-electron chi connectivity index (χ1n) is 5.22. The maximum atomic E-state index is 6.15. The fourth-order valence-corrected chi connectivity index (χ4v) is 2.25.